The highest BCUT2D eigenvalue weighted by molar-refractivity contribution is 7.89. The second-order valence-electron chi connectivity index (χ2n) is 10.0. The number of hydrogen-bond donors (Lipinski definition) is 4. The molecular formula is C27H39N5O4S. The molecule has 0 aliphatic carbocycles. The van der Waals surface area contributed by atoms with Crippen LogP contribution >= 0.6 is 0 Å². The van der Waals surface area contributed by atoms with Crippen molar-refractivity contribution in [3.05, 3.63) is 65.7 Å². The lowest BCUT2D eigenvalue weighted by atomic mass is 9.78. The maximum atomic E-state index is 13.4. The predicted octanol–water partition coefficient (Wildman–Crippen LogP) is 2.09. The average molecular weight is 530 g/mol. The minimum Gasteiger partial charge on any atom is -0.394 e. The number of sulfonamides is 1. The lowest BCUT2D eigenvalue weighted by molar-refractivity contribution is -0.138. The molecule has 0 radical (unpaired) electrons. The highest BCUT2D eigenvalue weighted by atomic mass is 32.2. The fourth-order valence-corrected chi connectivity index (χ4v) is 5.97. The van der Waals surface area contributed by atoms with Crippen molar-refractivity contribution < 1.29 is 18.3 Å². The van der Waals surface area contributed by atoms with Crippen LogP contribution in [-0.4, -0.2) is 62.1 Å². The molecule has 1 aliphatic rings. The van der Waals surface area contributed by atoms with Gasteiger partial charge in [0.15, 0.2) is 5.96 Å². The van der Waals surface area contributed by atoms with E-state index < -0.39 is 16.1 Å². The predicted molar refractivity (Wildman–Crippen MR) is 145 cm³/mol. The van der Waals surface area contributed by atoms with Crippen molar-refractivity contribution in [1.82, 2.24) is 9.62 Å². The lowest BCUT2D eigenvalue weighted by Crippen LogP contribution is -2.54. The fraction of sp³-hybridized carbons (Fsp3) is 0.481. The van der Waals surface area contributed by atoms with Gasteiger partial charge in [-0.2, -0.15) is 4.72 Å². The number of rotatable bonds is 11. The van der Waals surface area contributed by atoms with Gasteiger partial charge < -0.3 is 21.5 Å². The number of carbonyl (C=O) groups is 1. The Morgan fingerprint density at radius 3 is 2.38 bits per heavy atom. The molecule has 2 atom stereocenters. The summed E-state index contributed by atoms with van der Waals surface area (Å²) in [4.78, 5) is 19.1. The molecule has 2 aromatic carbocycles. The third-order valence-electron chi connectivity index (χ3n) is 7.04. The number of likely N-dealkylation sites (tertiary alicyclic amines) is 1. The van der Waals surface area contributed by atoms with Gasteiger partial charge in [-0.05, 0) is 55.4 Å². The number of carbonyl (C=O) groups excluding carboxylic acids is 1. The molecule has 10 heteroatoms. The summed E-state index contributed by atoms with van der Waals surface area (Å²) in [6.45, 7) is 4.79. The van der Waals surface area contributed by atoms with E-state index >= 15 is 0 Å². The summed E-state index contributed by atoms with van der Waals surface area (Å²) >= 11 is 0. The third kappa shape index (κ3) is 7.30. The number of guanidine groups is 1. The summed E-state index contributed by atoms with van der Waals surface area (Å²) < 4.78 is 29.3. The Morgan fingerprint density at radius 2 is 1.76 bits per heavy atom. The van der Waals surface area contributed by atoms with Gasteiger partial charge >= 0.3 is 0 Å². The molecule has 0 bridgehead atoms. The van der Waals surface area contributed by atoms with Crippen molar-refractivity contribution in [1.29, 1.82) is 0 Å². The molecule has 0 saturated carbocycles. The van der Waals surface area contributed by atoms with Crippen molar-refractivity contribution >= 4 is 21.9 Å². The Labute approximate surface area is 220 Å². The van der Waals surface area contributed by atoms with E-state index in [1.54, 1.807) is 17.0 Å². The zero-order chi connectivity index (χ0) is 27.1. The first-order chi connectivity index (χ1) is 17.6. The summed E-state index contributed by atoms with van der Waals surface area (Å²) in [7, 11) is -3.99. The van der Waals surface area contributed by atoms with Gasteiger partial charge in [0.05, 0.1) is 17.5 Å². The number of hydrogen-bond acceptors (Lipinski definition) is 5. The number of aliphatic hydroxyl groups excluding tert-OH is 1. The Bertz CT molecular complexity index is 1160. The second kappa shape index (κ2) is 12.5. The van der Waals surface area contributed by atoms with Crippen molar-refractivity contribution in [2.45, 2.75) is 68.3 Å². The van der Waals surface area contributed by atoms with Crippen molar-refractivity contribution in [2.75, 3.05) is 19.7 Å². The van der Waals surface area contributed by atoms with E-state index in [-0.39, 0.29) is 47.8 Å². The molecule has 6 N–H and O–H groups in total. The molecule has 1 amide bonds. The van der Waals surface area contributed by atoms with Crippen molar-refractivity contribution in [3.8, 4) is 0 Å². The monoisotopic (exact) mass is 529 g/mol. The van der Waals surface area contributed by atoms with Crippen molar-refractivity contribution in [3.63, 3.8) is 0 Å². The lowest BCUT2D eigenvalue weighted by Gasteiger charge is -2.37. The number of benzene rings is 2. The van der Waals surface area contributed by atoms with E-state index in [1.165, 1.54) is 0 Å². The van der Waals surface area contributed by atoms with E-state index in [0.717, 1.165) is 24.0 Å². The molecule has 1 heterocycles. The van der Waals surface area contributed by atoms with E-state index in [9.17, 15) is 18.3 Å². The minimum absolute atomic E-state index is 0.0571. The summed E-state index contributed by atoms with van der Waals surface area (Å²) in [5.74, 6) is -0.396. The number of piperidine rings is 1. The molecule has 37 heavy (non-hydrogen) atoms. The molecular weight excluding hydrogens is 490 g/mol. The summed E-state index contributed by atoms with van der Waals surface area (Å²) in [6.07, 6.45) is 3.06. The van der Waals surface area contributed by atoms with Gasteiger partial charge in [0, 0.05) is 18.5 Å². The largest absolute Gasteiger partial charge is 0.394 e. The van der Waals surface area contributed by atoms with Crippen LogP contribution in [0.25, 0.3) is 0 Å². The van der Waals surface area contributed by atoms with Crippen LogP contribution in [-0.2, 0) is 20.2 Å². The van der Waals surface area contributed by atoms with Crippen LogP contribution in [0.15, 0.2) is 64.5 Å². The highest BCUT2D eigenvalue weighted by Gasteiger charge is 2.34. The van der Waals surface area contributed by atoms with Crippen LogP contribution in [0.5, 0.6) is 0 Å². The van der Waals surface area contributed by atoms with Crippen LogP contribution in [0.2, 0.25) is 0 Å². The molecule has 3 rings (SSSR count). The van der Waals surface area contributed by atoms with Gasteiger partial charge in [-0.1, -0.05) is 56.3 Å². The van der Waals surface area contributed by atoms with Crippen LogP contribution in [0, 0.1) is 0 Å². The van der Waals surface area contributed by atoms with Crippen LogP contribution < -0.4 is 16.2 Å². The maximum absolute atomic E-state index is 13.4. The van der Waals surface area contributed by atoms with E-state index in [0.29, 0.717) is 19.4 Å². The van der Waals surface area contributed by atoms with E-state index in [4.69, 9.17) is 11.5 Å². The first kappa shape index (κ1) is 28.6. The maximum Gasteiger partial charge on any atom is 0.241 e. The Balaban J connectivity index is 1.81. The van der Waals surface area contributed by atoms with Gasteiger partial charge in [0.2, 0.25) is 15.9 Å². The number of nitrogens with zero attached hydrogens (tertiary/aromatic N) is 2. The third-order valence-corrected chi connectivity index (χ3v) is 8.53. The number of aliphatic hydroxyl groups is 1. The molecule has 202 valence electrons. The fourth-order valence-electron chi connectivity index (χ4n) is 4.74. The Hall–Kier alpha value is -2.95. The highest BCUT2D eigenvalue weighted by Crippen LogP contribution is 2.32. The standard InChI is InChI=1S/C27H39N5O4S/c1-27(2,20-9-4-3-5-10-20)21-13-15-23(16-14-21)37(35,36)31-24(12-8-17-30-26(28)29)25(34)32-18-7-6-11-22(32)19-33/h3-5,9-10,13-16,22,24,31,33H,6-8,11-12,17-19H2,1-2H3,(H4,28,29,30). The number of nitrogens with two attached hydrogens (primary N) is 2. The Kier molecular flexibility index (Phi) is 9.69. The van der Waals surface area contributed by atoms with E-state index in [1.807, 2.05) is 42.5 Å². The molecule has 1 saturated heterocycles. The first-order valence-corrected chi connectivity index (χ1v) is 14.2. The van der Waals surface area contributed by atoms with Crippen molar-refractivity contribution in [2.24, 2.45) is 16.5 Å². The normalized spacial score (nSPS) is 17.3. The molecule has 9 nitrogen and oxygen atoms in total. The minimum atomic E-state index is -3.99. The molecule has 1 aliphatic heterocycles. The molecule has 0 spiro atoms. The van der Waals surface area contributed by atoms with Gasteiger partial charge in [-0.25, -0.2) is 8.42 Å². The van der Waals surface area contributed by atoms with Gasteiger partial charge in [0.1, 0.15) is 6.04 Å². The summed E-state index contributed by atoms with van der Waals surface area (Å²) in [6, 6.07) is 15.5. The van der Waals surface area contributed by atoms with Gasteiger partial charge in [-0.15, -0.1) is 0 Å². The van der Waals surface area contributed by atoms with Gasteiger partial charge in [0.25, 0.3) is 0 Å². The van der Waals surface area contributed by atoms with Crippen LogP contribution in [0.4, 0.5) is 0 Å². The average Bonchev–Trinajstić information content (AvgIpc) is 2.90. The van der Waals surface area contributed by atoms with Crippen LogP contribution in [0.1, 0.15) is 57.1 Å². The van der Waals surface area contributed by atoms with Gasteiger partial charge in [-0.3, -0.25) is 9.79 Å². The number of nitrogens with one attached hydrogen (secondary N) is 1. The smallest absolute Gasteiger partial charge is 0.241 e. The Morgan fingerprint density at radius 1 is 1.11 bits per heavy atom. The SMILES string of the molecule is CC(C)(c1ccccc1)c1ccc(S(=O)(=O)NC(CCCN=C(N)N)C(=O)N2CCCCC2CO)cc1. The zero-order valence-corrected chi connectivity index (χ0v) is 22.5. The topological polar surface area (TPSA) is 151 Å². The number of amides is 1. The molecule has 0 aromatic heterocycles. The molecule has 2 unspecified atom stereocenters. The molecule has 1 fully saturated rings. The quantitative estimate of drug-likeness (QED) is 0.199. The number of aliphatic imine (C=N–C) groups is 1. The summed E-state index contributed by atoms with van der Waals surface area (Å²) in [5, 5.41) is 9.77. The second-order valence-corrected chi connectivity index (χ2v) is 11.7. The zero-order valence-electron chi connectivity index (χ0n) is 21.6. The van der Waals surface area contributed by atoms with E-state index in [2.05, 4.69) is 23.6 Å². The first-order valence-electron chi connectivity index (χ1n) is 12.7. The summed E-state index contributed by atoms with van der Waals surface area (Å²) in [5.41, 5.74) is 12.6. The molecule has 2 aromatic rings. The van der Waals surface area contributed by atoms with Crippen LogP contribution in [0.3, 0.4) is 0 Å².